The van der Waals surface area contributed by atoms with Crippen LogP contribution in [-0.2, 0) is 27.3 Å². The summed E-state index contributed by atoms with van der Waals surface area (Å²) in [5, 5.41) is 0. The van der Waals surface area contributed by atoms with E-state index in [1.165, 1.54) is 11.3 Å². The summed E-state index contributed by atoms with van der Waals surface area (Å²) in [6.45, 7) is 6.12. The number of aryl methyl sites for hydroxylation is 2. The zero-order valence-electron chi connectivity index (χ0n) is 17.0. The smallest absolute Gasteiger partial charge is 0.326 e. The molecule has 7 heteroatoms. The number of nitrogens with zero attached hydrogens (tertiary/aromatic N) is 2. The summed E-state index contributed by atoms with van der Waals surface area (Å²) in [6.07, 6.45) is 0.176. The van der Waals surface area contributed by atoms with Crippen LogP contribution in [0.2, 0.25) is 0 Å². The third-order valence-corrected chi connectivity index (χ3v) is 5.67. The number of ether oxygens (including phenoxy) is 2. The fraction of sp³-hybridized carbons (Fsp3) is 0.318. The van der Waals surface area contributed by atoms with Crippen LogP contribution in [0.3, 0.4) is 0 Å². The number of esters is 1. The van der Waals surface area contributed by atoms with Gasteiger partial charge in [-0.3, -0.25) is 9.59 Å². The number of carbonyl (C=O) groups excluding carboxylic acids is 2. The van der Waals surface area contributed by atoms with E-state index in [-0.39, 0.29) is 24.8 Å². The molecule has 1 heterocycles. The Morgan fingerprint density at radius 3 is 2.52 bits per heavy atom. The molecule has 0 saturated carbocycles. The molecule has 0 aliphatic heterocycles. The van der Waals surface area contributed by atoms with Gasteiger partial charge in [0.2, 0.25) is 0 Å². The molecule has 0 aliphatic rings. The molecule has 0 unspecified atom stereocenters. The summed E-state index contributed by atoms with van der Waals surface area (Å²) in [5.74, 6) is 0.116. The highest BCUT2D eigenvalue weighted by atomic mass is 32.1. The maximum Gasteiger partial charge on any atom is 0.326 e. The second kappa shape index (κ2) is 9.05. The van der Waals surface area contributed by atoms with E-state index in [0.717, 1.165) is 32.7 Å². The molecule has 0 radical (unpaired) electrons. The van der Waals surface area contributed by atoms with Gasteiger partial charge in [0.15, 0.2) is 4.80 Å². The Morgan fingerprint density at radius 1 is 1.14 bits per heavy atom. The minimum Gasteiger partial charge on any atom is -0.497 e. The molecule has 2 aromatic carbocycles. The minimum absolute atomic E-state index is 0.0192. The van der Waals surface area contributed by atoms with E-state index in [1.54, 1.807) is 18.6 Å². The number of benzene rings is 2. The molecule has 0 bridgehead atoms. The molecule has 0 atom stereocenters. The van der Waals surface area contributed by atoms with E-state index in [0.29, 0.717) is 11.4 Å². The number of rotatable bonds is 6. The number of hydrogen-bond donors (Lipinski definition) is 0. The second-order valence-corrected chi connectivity index (χ2v) is 7.71. The number of hydrogen-bond acceptors (Lipinski definition) is 5. The third kappa shape index (κ3) is 4.92. The molecule has 0 saturated heterocycles. The van der Waals surface area contributed by atoms with Crippen molar-refractivity contribution in [3.63, 3.8) is 0 Å². The lowest BCUT2D eigenvalue weighted by Crippen LogP contribution is -2.23. The Hall–Kier alpha value is -2.93. The molecule has 6 nitrogen and oxygen atoms in total. The number of carbonyl (C=O) groups is 2. The Bertz CT molecular complexity index is 1110. The number of aromatic nitrogens is 1. The topological polar surface area (TPSA) is 69.9 Å². The fourth-order valence-corrected chi connectivity index (χ4v) is 4.25. The molecule has 3 aromatic rings. The van der Waals surface area contributed by atoms with Crippen molar-refractivity contribution in [3.8, 4) is 5.75 Å². The van der Waals surface area contributed by atoms with Gasteiger partial charge in [-0.15, -0.1) is 0 Å². The summed E-state index contributed by atoms with van der Waals surface area (Å²) in [6, 6.07) is 11.4. The van der Waals surface area contributed by atoms with Crippen LogP contribution in [0.1, 0.15) is 23.6 Å². The van der Waals surface area contributed by atoms with E-state index in [9.17, 15) is 9.59 Å². The summed E-state index contributed by atoms with van der Waals surface area (Å²) in [7, 11) is 1.60. The first-order valence-corrected chi connectivity index (χ1v) is 10.2. The summed E-state index contributed by atoms with van der Waals surface area (Å²) in [5.41, 5.74) is 3.91. The molecule has 0 aliphatic carbocycles. The standard InChI is InChI=1S/C22H24N2O4S/c1-5-28-20(26)13-24-18-11-14(2)10-15(3)21(18)29-22(24)23-19(25)12-16-6-8-17(27-4)9-7-16/h6-11H,5,12-13H2,1-4H3. The molecular weight excluding hydrogens is 388 g/mol. The lowest BCUT2D eigenvalue weighted by Gasteiger charge is -2.06. The Kier molecular flexibility index (Phi) is 6.49. The van der Waals surface area contributed by atoms with Crippen molar-refractivity contribution in [2.45, 2.75) is 33.7 Å². The van der Waals surface area contributed by atoms with Crippen molar-refractivity contribution in [3.05, 3.63) is 57.9 Å². The van der Waals surface area contributed by atoms with Gasteiger partial charge in [-0.1, -0.05) is 29.5 Å². The van der Waals surface area contributed by atoms with Crippen LogP contribution in [0.4, 0.5) is 0 Å². The van der Waals surface area contributed by atoms with Crippen molar-refractivity contribution < 1.29 is 19.1 Å². The fourth-order valence-electron chi connectivity index (χ4n) is 3.15. The second-order valence-electron chi connectivity index (χ2n) is 6.74. The first kappa shape index (κ1) is 20.8. The van der Waals surface area contributed by atoms with Gasteiger partial charge >= 0.3 is 5.97 Å². The molecule has 0 fully saturated rings. The quantitative estimate of drug-likeness (QED) is 0.581. The highest BCUT2D eigenvalue weighted by Gasteiger charge is 2.14. The van der Waals surface area contributed by atoms with Gasteiger partial charge in [0.05, 0.1) is 30.4 Å². The first-order valence-electron chi connectivity index (χ1n) is 9.38. The maximum absolute atomic E-state index is 12.6. The maximum atomic E-state index is 12.6. The van der Waals surface area contributed by atoms with Crippen molar-refractivity contribution in [2.75, 3.05) is 13.7 Å². The van der Waals surface area contributed by atoms with E-state index in [2.05, 4.69) is 11.1 Å². The van der Waals surface area contributed by atoms with Crippen LogP contribution in [0, 0.1) is 13.8 Å². The largest absolute Gasteiger partial charge is 0.497 e. The summed E-state index contributed by atoms with van der Waals surface area (Å²) < 4.78 is 13.0. The Balaban J connectivity index is 2.00. The molecule has 1 aromatic heterocycles. The van der Waals surface area contributed by atoms with Gasteiger partial charge in [-0.05, 0) is 55.7 Å². The summed E-state index contributed by atoms with van der Waals surface area (Å²) in [4.78, 5) is 29.6. The molecule has 29 heavy (non-hydrogen) atoms. The van der Waals surface area contributed by atoms with Crippen LogP contribution >= 0.6 is 11.3 Å². The van der Waals surface area contributed by atoms with Crippen LogP contribution in [0.25, 0.3) is 10.2 Å². The Labute approximate surface area is 173 Å². The Morgan fingerprint density at radius 2 is 1.86 bits per heavy atom. The van der Waals surface area contributed by atoms with Gasteiger partial charge in [-0.2, -0.15) is 4.99 Å². The highest BCUT2D eigenvalue weighted by molar-refractivity contribution is 7.16. The van der Waals surface area contributed by atoms with E-state index in [1.807, 2.05) is 44.2 Å². The zero-order valence-corrected chi connectivity index (χ0v) is 17.8. The van der Waals surface area contributed by atoms with Crippen molar-refractivity contribution in [1.82, 2.24) is 4.57 Å². The van der Waals surface area contributed by atoms with Crippen LogP contribution < -0.4 is 9.54 Å². The monoisotopic (exact) mass is 412 g/mol. The average Bonchev–Trinajstić information content (AvgIpc) is 3.00. The van der Waals surface area contributed by atoms with E-state index >= 15 is 0 Å². The highest BCUT2D eigenvalue weighted by Crippen LogP contribution is 2.23. The number of methoxy groups -OCH3 is 1. The van der Waals surface area contributed by atoms with E-state index < -0.39 is 0 Å². The van der Waals surface area contributed by atoms with Crippen molar-refractivity contribution >= 4 is 33.4 Å². The lowest BCUT2D eigenvalue weighted by atomic mass is 10.1. The van der Waals surface area contributed by atoms with Crippen molar-refractivity contribution in [1.29, 1.82) is 0 Å². The SMILES string of the molecule is CCOC(=O)Cn1c(=NC(=O)Cc2ccc(OC)cc2)sc2c(C)cc(C)cc21. The number of thiazole rings is 1. The van der Waals surface area contributed by atoms with Gasteiger partial charge in [0.1, 0.15) is 12.3 Å². The predicted octanol–water partition coefficient (Wildman–Crippen LogP) is 3.56. The van der Waals surface area contributed by atoms with Gasteiger partial charge in [-0.25, -0.2) is 0 Å². The molecule has 152 valence electrons. The van der Waals surface area contributed by atoms with E-state index in [4.69, 9.17) is 9.47 Å². The average molecular weight is 413 g/mol. The molecular formula is C22H24N2O4S. The first-order chi connectivity index (χ1) is 13.9. The molecule has 0 spiro atoms. The van der Waals surface area contributed by atoms with Crippen LogP contribution in [0.5, 0.6) is 5.75 Å². The number of fused-ring (bicyclic) bond motifs is 1. The summed E-state index contributed by atoms with van der Waals surface area (Å²) >= 11 is 1.41. The lowest BCUT2D eigenvalue weighted by molar-refractivity contribution is -0.143. The van der Waals surface area contributed by atoms with Gasteiger partial charge in [0, 0.05) is 0 Å². The molecule has 0 N–H and O–H groups in total. The predicted molar refractivity (Wildman–Crippen MR) is 113 cm³/mol. The number of amides is 1. The zero-order chi connectivity index (χ0) is 21.0. The van der Waals surface area contributed by atoms with Gasteiger partial charge in [0.25, 0.3) is 5.91 Å². The molecule has 1 amide bonds. The third-order valence-electron chi connectivity index (χ3n) is 4.44. The normalized spacial score (nSPS) is 11.7. The molecule has 3 rings (SSSR count). The minimum atomic E-state index is -0.351. The van der Waals surface area contributed by atoms with Crippen LogP contribution in [0.15, 0.2) is 41.4 Å². The van der Waals surface area contributed by atoms with Crippen molar-refractivity contribution in [2.24, 2.45) is 4.99 Å². The van der Waals surface area contributed by atoms with Gasteiger partial charge < -0.3 is 14.0 Å². The van der Waals surface area contributed by atoms with Crippen LogP contribution in [-0.4, -0.2) is 30.2 Å².